The maximum atomic E-state index is 13.5. The van der Waals surface area contributed by atoms with Gasteiger partial charge in [-0.05, 0) is 44.2 Å². The Morgan fingerprint density at radius 2 is 1.58 bits per heavy atom. The first-order chi connectivity index (χ1) is 15.6. The van der Waals surface area contributed by atoms with Crippen molar-refractivity contribution in [1.82, 2.24) is 9.80 Å². The van der Waals surface area contributed by atoms with E-state index in [0.29, 0.717) is 13.1 Å². The second-order valence-electron chi connectivity index (χ2n) is 7.49. The molecule has 0 spiro atoms. The minimum atomic E-state index is -4.07. The molecule has 2 aromatic carbocycles. The van der Waals surface area contributed by atoms with Crippen LogP contribution in [0.5, 0.6) is 0 Å². The van der Waals surface area contributed by atoms with Gasteiger partial charge < -0.3 is 14.5 Å². The van der Waals surface area contributed by atoms with Gasteiger partial charge >= 0.3 is 6.09 Å². The van der Waals surface area contributed by atoms with Gasteiger partial charge in [0, 0.05) is 26.2 Å². The van der Waals surface area contributed by atoms with E-state index in [1.807, 2.05) is 6.92 Å². The van der Waals surface area contributed by atoms with Crippen molar-refractivity contribution in [1.29, 1.82) is 0 Å². The number of halogens is 2. The summed E-state index contributed by atoms with van der Waals surface area (Å²) in [5.74, 6) is -0.389. The lowest BCUT2D eigenvalue weighted by Crippen LogP contribution is -2.53. The molecule has 0 bridgehead atoms. The highest BCUT2D eigenvalue weighted by Crippen LogP contribution is 2.30. The molecule has 33 heavy (non-hydrogen) atoms. The zero-order valence-electron chi connectivity index (χ0n) is 18.3. The number of rotatable bonds is 6. The van der Waals surface area contributed by atoms with Crippen LogP contribution in [-0.4, -0.2) is 69.5 Å². The summed E-state index contributed by atoms with van der Waals surface area (Å²) < 4.78 is 33.0. The molecule has 1 saturated heterocycles. The highest BCUT2D eigenvalue weighted by molar-refractivity contribution is 7.92. The number of ether oxygens (including phenoxy) is 1. The first-order valence-electron chi connectivity index (χ1n) is 10.4. The van der Waals surface area contributed by atoms with Crippen LogP contribution in [0.4, 0.5) is 10.5 Å². The molecule has 0 aliphatic carbocycles. The fraction of sp³-hybridized carbons (Fsp3) is 0.364. The predicted octanol–water partition coefficient (Wildman–Crippen LogP) is 3.80. The van der Waals surface area contributed by atoms with Gasteiger partial charge in [0.05, 0.1) is 27.2 Å². The van der Waals surface area contributed by atoms with Crippen LogP contribution in [0.25, 0.3) is 0 Å². The summed E-state index contributed by atoms with van der Waals surface area (Å²) in [7, 11) is -4.07. The molecule has 0 aromatic heterocycles. The van der Waals surface area contributed by atoms with Crippen LogP contribution in [-0.2, 0) is 19.6 Å². The van der Waals surface area contributed by atoms with E-state index in [1.54, 1.807) is 19.1 Å². The molecule has 0 unspecified atom stereocenters. The van der Waals surface area contributed by atoms with Crippen molar-refractivity contribution in [3.05, 3.63) is 58.1 Å². The Labute approximate surface area is 203 Å². The van der Waals surface area contributed by atoms with Crippen LogP contribution in [0.3, 0.4) is 0 Å². The van der Waals surface area contributed by atoms with E-state index in [4.69, 9.17) is 27.9 Å². The van der Waals surface area contributed by atoms with Crippen molar-refractivity contribution in [2.24, 2.45) is 0 Å². The molecule has 178 valence electrons. The Balaban J connectivity index is 1.84. The summed E-state index contributed by atoms with van der Waals surface area (Å²) in [4.78, 5) is 28.1. The third-order valence-electron chi connectivity index (χ3n) is 5.24. The highest BCUT2D eigenvalue weighted by Gasteiger charge is 2.31. The Bertz CT molecular complexity index is 1120. The minimum Gasteiger partial charge on any atom is -0.450 e. The number of hydrogen-bond donors (Lipinski definition) is 0. The van der Waals surface area contributed by atoms with E-state index in [1.165, 1.54) is 40.1 Å². The van der Waals surface area contributed by atoms with Gasteiger partial charge in [0.1, 0.15) is 6.54 Å². The SMILES string of the molecule is CCOC(=O)N1CCN(C(=O)CN(c2ccc(Cl)c(Cl)c2)S(=O)(=O)c2ccc(C)cc2)CC1. The third kappa shape index (κ3) is 5.90. The maximum Gasteiger partial charge on any atom is 0.409 e. The second kappa shape index (κ2) is 10.6. The number of aryl methyl sites for hydroxylation is 1. The quantitative estimate of drug-likeness (QED) is 0.586. The number of anilines is 1. The topological polar surface area (TPSA) is 87.2 Å². The minimum absolute atomic E-state index is 0.0547. The van der Waals surface area contributed by atoms with Crippen molar-refractivity contribution < 1.29 is 22.7 Å². The zero-order valence-corrected chi connectivity index (χ0v) is 20.7. The summed E-state index contributed by atoms with van der Waals surface area (Å²) in [6.07, 6.45) is -0.427. The number of carbonyl (C=O) groups excluding carboxylic acids is 2. The summed E-state index contributed by atoms with van der Waals surface area (Å²) in [5.41, 5.74) is 1.13. The first kappa shape index (κ1) is 25.1. The lowest BCUT2D eigenvalue weighted by Gasteiger charge is -2.35. The smallest absolute Gasteiger partial charge is 0.409 e. The van der Waals surface area contributed by atoms with E-state index < -0.39 is 22.7 Å². The second-order valence-corrected chi connectivity index (χ2v) is 10.2. The van der Waals surface area contributed by atoms with Crippen molar-refractivity contribution in [3.63, 3.8) is 0 Å². The molecule has 1 aliphatic rings. The van der Waals surface area contributed by atoms with Crippen LogP contribution in [0.15, 0.2) is 47.4 Å². The fourth-order valence-corrected chi connectivity index (χ4v) is 5.07. The molecule has 0 saturated carbocycles. The monoisotopic (exact) mass is 513 g/mol. The van der Waals surface area contributed by atoms with Gasteiger partial charge in [0.2, 0.25) is 5.91 Å². The number of sulfonamides is 1. The van der Waals surface area contributed by atoms with Gasteiger partial charge in [-0.25, -0.2) is 13.2 Å². The summed E-state index contributed by atoms with van der Waals surface area (Å²) >= 11 is 12.1. The molecule has 0 radical (unpaired) electrons. The van der Waals surface area contributed by atoms with Gasteiger partial charge in [-0.2, -0.15) is 0 Å². The average Bonchev–Trinajstić information content (AvgIpc) is 2.79. The van der Waals surface area contributed by atoms with E-state index >= 15 is 0 Å². The number of carbonyl (C=O) groups is 2. The first-order valence-corrected chi connectivity index (χ1v) is 12.6. The molecule has 11 heteroatoms. The highest BCUT2D eigenvalue weighted by atomic mass is 35.5. The third-order valence-corrected chi connectivity index (χ3v) is 7.76. The van der Waals surface area contributed by atoms with Crippen LogP contribution in [0.2, 0.25) is 10.0 Å². The number of piperazine rings is 1. The largest absolute Gasteiger partial charge is 0.450 e. The van der Waals surface area contributed by atoms with Crippen LogP contribution < -0.4 is 4.31 Å². The van der Waals surface area contributed by atoms with Crippen LogP contribution in [0, 0.1) is 6.92 Å². The fourth-order valence-electron chi connectivity index (χ4n) is 3.37. The van der Waals surface area contributed by atoms with Crippen molar-refractivity contribution >= 4 is 50.9 Å². The average molecular weight is 514 g/mol. The van der Waals surface area contributed by atoms with Crippen molar-refractivity contribution in [2.75, 3.05) is 43.6 Å². The lowest BCUT2D eigenvalue weighted by atomic mass is 10.2. The normalized spacial score (nSPS) is 14.2. The van der Waals surface area contributed by atoms with Gasteiger partial charge in [0.25, 0.3) is 10.0 Å². The Morgan fingerprint density at radius 1 is 0.970 bits per heavy atom. The Morgan fingerprint density at radius 3 is 2.15 bits per heavy atom. The molecule has 0 atom stereocenters. The lowest BCUT2D eigenvalue weighted by molar-refractivity contribution is -0.131. The molecule has 0 N–H and O–H groups in total. The number of benzene rings is 2. The Hall–Kier alpha value is -2.49. The number of amides is 2. The molecular weight excluding hydrogens is 489 g/mol. The summed E-state index contributed by atoms with van der Waals surface area (Å²) in [6.45, 7) is 4.59. The molecule has 8 nitrogen and oxygen atoms in total. The van der Waals surface area contributed by atoms with Gasteiger partial charge in [-0.1, -0.05) is 40.9 Å². The number of hydrogen-bond acceptors (Lipinski definition) is 5. The summed E-state index contributed by atoms with van der Waals surface area (Å²) in [5, 5.41) is 0.447. The predicted molar refractivity (Wildman–Crippen MR) is 127 cm³/mol. The van der Waals surface area contributed by atoms with E-state index in [9.17, 15) is 18.0 Å². The van der Waals surface area contributed by atoms with Gasteiger partial charge in [-0.3, -0.25) is 9.10 Å². The molecule has 2 amide bonds. The van der Waals surface area contributed by atoms with E-state index in [-0.39, 0.29) is 46.2 Å². The van der Waals surface area contributed by atoms with Crippen molar-refractivity contribution in [2.45, 2.75) is 18.7 Å². The zero-order chi connectivity index (χ0) is 24.2. The van der Waals surface area contributed by atoms with E-state index in [2.05, 4.69) is 0 Å². The molecule has 3 rings (SSSR count). The maximum absolute atomic E-state index is 13.5. The van der Waals surface area contributed by atoms with Gasteiger partial charge in [-0.15, -0.1) is 0 Å². The molecule has 1 aliphatic heterocycles. The van der Waals surface area contributed by atoms with Gasteiger partial charge in [0.15, 0.2) is 0 Å². The molecule has 1 fully saturated rings. The van der Waals surface area contributed by atoms with Crippen molar-refractivity contribution in [3.8, 4) is 0 Å². The standard InChI is InChI=1S/C22H25Cl2N3O5S/c1-3-32-22(29)26-12-10-25(11-13-26)21(28)15-27(17-6-9-19(23)20(24)14-17)33(30,31)18-7-4-16(2)5-8-18/h4-9,14H,3,10-13,15H2,1-2H3. The molecule has 1 heterocycles. The summed E-state index contributed by atoms with van der Waals surface area (Å²) in [6, 6.07) is 10.8. The van der Waals surface area contributed by atoms with E-state index in [0.717, 1.165) is 9.87 Å². The number of nitrogens with zero attached hydrogens (tertiary/aromatic N) is 3. The van der Waals surface area contributed by atoms with Crippen LogP contribution >= 0.6 is 23.2 Å². The Kier molecular flexibility index (Phi) is 8.10. The van der Waals surface area contributed by atoms with Crippen LogP contribution in [0.1, 0.15) is 12.5 Å². The molecule has 2 aromatic rings. The molecular formula is C22H25Cl2N3O5S.